The van der Waals surface area contributed by atoms with Crippen LogP contribution < -0.4 is 0 Å². The number of hydrogen-bond acceptors (Lipinski definition) is 3. The van der Waals surface area contributed by atoms with Gasteiger partial charge >= 0.3 is 0 Å². The summed E-state index contributed by atoms with van der Waals surface area (Å²) in [5.74, 6) is 0.361. The molecule has 0 amide bonds. The van der Waals surface area contributed by atoms with Crippen LogP contribution in [0.1, 0.15) is 53.4 Å². The fourth-order valence-corrected chi connectivity index (χ4v) is 3.81. The highest BCUT2D eigenvalue weighted by Crippen LogP contribution is 2.75. The smallest absolute Gasteiger partial charge is 0.160 e. The molecule has 0 aliphatic heterocycles. The standard InChI is InChI=1S/C16H22N2O/c1-11-5-7-15(8-6-11)12(13(19)14(2,3)4)16(15,9-17)10-18/h11-12H,5-8H2,1-4H3/t11?,12-,15?/m0/s1. The van der Waals surface area contributed by atoms with Crippen molar-refractivity contribution in [3.05, 3.63) is 0 Å². The molecule has 2 aliphatic carbocycles. The van der Waals surface area contributed by atoms with Crippen LogP contribution in [-0.4, -0.2) is 5.78 Å². The molecule has 102 valence electrons. The van der Waals surface area contributed by atoms with Gasteiger partial charge in [-0.3, -0.25) is 4.79 Å². The highest BCUT2D eigenvalue weighted by molar-refractivity contribution is 5.92. The normalized spacial score (nSPS) is 36.3. The van der Waals surface area contributed by atoms with Gasteiger partial charge in [0.15, 0.2) is 5.41 Å². The molecule has 0 saturated heterocycles. The van der Waals surface area contributed by atoms with Crippen molar-refractivity contribution < 1.29 is 4.79 Å². The van der Waals surface area contributed by atoms with Crippen molar-refractivity contribution in [2.45, 2.75) is 53.4 Å². The Balaban J connectivity index is 2.37. The first-order chi connectivity index (χ1) is 8.75. The summed E-state index contributed by atoms with van der Waals surface area (Å²) in [5, 5.41) is 19.0. The summed E-state index contributed by atoms with van der Waals surface area (Å²) in [4.78, 5) is 12.6. The molecular weight excluding hydrogens is 236 g/mol. The lowest BCUT2D eigenvalue weighted by Gasteiger charge is -2.28. The Morgan fingerprint density at radius 1 is 1.16 bits per heavy atom. The summed E-state index contributed by atoms with van der Waals surface area (Å²) in [6.07, 6.45) is 3.75. The number of rotatable bonds is 1. The van der Waals surface area contributed by atoms with Gasteiger partial charge in [-0.2, -0.15) is 10.5 Å². The minimum absolute atomic E-state index is 0.0881. The monoisotopic (exact) mass is 258 g/mol. The van der Waals surface area contributed by atoms with Crippen molar-refractivity contribution in [2.24, 2.45) is 28.1 Å². The predicted octanol–water partition coefficient (Wildman–Crippen LogP) is 3.46. The van der Waals surface area contributed by atoms with Crippen molar-refractivity contribution in [1.29, 1.82) is 10.5 Å². The lowest BCUT2D eigenvalue weighted by Crippen LogP contribution is -2.26. The minimum atomic E-state index is -1.06. The highest BCUT2D eigenvalue weighted by Gasteiger charge is 2.81. The molecule has 0 bridgehead atoms. The lowest BCUT2D eigenvalue weighted by atomic mass is 9.75. The maximum absolute atomic E-state index is 12.6. The maximum Gasteiger partial charge on any atom is 0.160 e. The van der Waals surface area contributed by atoms with E-state index in [0.29, 0.717) is 5.92 Å². The summed E-state index contributed by atoms with van der Waals surface area (Å²) in [7, 11) is 0. The van der Waals surface area contributed by atoms with E-state index in [1.807, 2.05) is 20.8 Å². The summed E-state index contributed by atoms with van der Waals surface area (Å²) in [5.41, 5.74) is -1.89. The third-order valence-corrected chi connectivity index (χ3v) is 5.21. The zero-order valence-corrected chi connectivity index (χ0v) is 12.3. The second kappa shape index (κ2) is 4.07. The van der Waals surface area contributed by atoms with Gasteiger partial charge in [0.1, 0.15) is 5.78 Å². The van der Waals surface area contributed by atoms with E-state index >= 15 is 0 Å². The Morgan fingerprint density at radius 3 is 2.00 bits per heavy atom. The first-order valence-corrected chi connectivity index (χ1v) is 7.12. The number of hydrogen-bond donors (Lipinski definition) is 0. The van der Waals surface area contributed by atoms with Crippen LogP contribution in [0.3, 0.4) is 0 Å². The summed E-state index contributed by atoms with van der Waals surface area (Å²) >= 11 is 0. The predicted molar refractivity (Wildman–Crippen MR) is 71.7 cm³/mol. The van der Waals surface area contributed by atoms with Gasteiger partial charge in [0, 0.05) is 10.8 Å². The van der Waals surface area contributed by atoms with Crippen molar-refractivity contribution in [1.82, 2.24) is 0 Å². The van der Waals surface area contributed by atoms with Crippen LogP contribution in [0.25, 0.3) is 0 Å². The van der Waals surface area contributed by atoms with Gasteiger partial charge in [-0.15, -0.1) is 0 Å². The average molecular weight is 258 g/mol. The molecule has 0 aromatic heterocycles. The maximum atomic E-state index is 12.6. The number of nitriles is 2. The molecule has 2 saturated carbocycles. The van der Waals surface area contributed by atoms with Crippen LogP contribution in [0.4, 0.5) is 0 Å². The van der Waals surface area contributed by atoms with Gasteiger partial charge in [-0.25, -0.2) is 0 Å². The van der Waals surface area contributed by atoms with E-state index in [0.717, 1.165) is 25.7 Å². The van der Waals surface area contributed by atoms with E-state index in [-0.39, 0.29) is 17.1 Å². The van der Waals surface area contributed by atoms with Gasteiger partial charge in [0.05, 0.1) is 18.1 Å². The molecule has 2 rings (SSSR count). The molecule has 0 unspecified atom stereocenters. The van der Waals surface area contributed by atoms with Crippen molar-refractivity contribution >= 4 is 5.78 Å². The van der Waals surface area contributed by atoms with Crippen molar-refractivity contribution in [3.63, 3.8) is 0 Å². The molecule has 19 heavy (non-hydrogen) atoms. The lowest BCUT2D eigenvalue weighted by molar-refractivity contribution is -0.128. The van der Waals surface area contributed by atoms with E-state index in [4.69, 9.17) is 0 Å². The van der Waals surface area contributed by atoms with Gasteiger partial charge in [0.25, 0.3) is 0 Å². The Kier molecular flexibility index (Phi) is 3.01. The van der Waals surface area contributed by atoms with Gasteiger partial charge in [0.2, 0.25) is 0 Å². The van der Waals surface area contributed by atoms with Crippen molar-refractivity contribution in [3.8, 4) is 12.1 Å². The first-order valence-electron chi connectivity index (χ1n) is 7.12. The largest absolute Gasteiger partial charge is 0.299 e. The average Bonchev–Trinajstić information content (AvgIpc) is 2.92. The van der Waals surface area contributed by atoms with E-state index < -0.39 is 10.8 Å². The second-order valence-corrected chi connectivity index (χ2v) is 7.42. The van der Waals surface area contributed by atoms with E-state index in [1.54, 1.807) is 0 Å². The Hall–Kier alpha value is -1.35. The molecule has 3 heteroatoms. The molecule has 0 aromatic rings. The Labute approximate surface area is 115 Å². The molecule has 2 fully saturated rings. The van der Waals surface area contributed by atoms with Gasteiger partial charge in [-0.05, 0) is 18.8 Å². The zero-order valence-electron chi connectivity index (χ0n) is 12.3. The third kappa shape index (κ3) is 1.71. The topological polar surface area (TPSA) is 64.7 Å². The van der Waals surface area contributed by atoms with Crippen LogP contribution in [0.2, 0.25) is 0 Å². The van der Waals surface area contributed by atoms with Crippen molar-refractivity contribution in [2.75, 3.05) is 0 Å². The highest BCUT2D eigenvalue weighted by atomic mass is 16.1. The fourth-order valence-electron chi connectivity index (χ4n) is 3.81. The van der Waals surface area contributed by atoms with E-state index in [9.17, 15) is 15.3 Å². The molecule has 3 nitrogen and oxygen atoms in total. The molecule has 0 N–H and O–H groups in total. The fraction of sp³-hybridized carbons (Fsp3) is 0.812. The second-order valence-electron chi connectivity index (χ2n) is 7.42. The zero-order chi connectivity index (χ0) is 14.5. The Morgan fingerprint density at radius 2 is 1.63 bits per heavy atom. The summed E-state index contributed by atoms with van der Waals surface area (Å²) in [6.45, 7) is 7.85. The molecule has 0 heterocycles. The van der Waals surface area contributed by atoms with E-state index in [1.165, 1.54) is 0 Å². The minimum Gasteiger partial charge on any atom is -0.299 e. The quantitative estimate of drug-likeness (QED) is 0.723. The number of carbonyl (C=O) groups is 1. The SMILES string of the molecule is CC1CCC2(CC1)[C@H](C(=O)C(C)(C)C)C2(C#N)C#N. The van der Waals surface area contributed by atoms with Crippen LogP contribution >= 0.6 is 0 Å². The number of nitrogens with zero attached hydrogens (tertiary/aromatic N) is 2. The third-order valence-electron chi connectivity index (χ3n) is 5.21. The molecule has 1 atom stereocenters. The molecular formula is C16H22N2O. The molecule has 0 aromatic carbocycles. The number of Topliss-reactive ketones (excluding diaryl/α,β-unsaturated/α-hetero) is 1. The molecule has 0 radical (unpaired) electrons. The van der Waals surface area contributed by atoms with E-state index in [2.05, 4.69) is 19.1 Å². The van der Waals surface area contributed by atoms with Crippen LogP contribution in [-0.2, 0) is 4.79 Å². The molecule has 2 aliphatic rings. The summed E-state index contributed by atoms with van der Waals surface area (Å²) < 4.78 is 0. The number of ketones is 1. The van der Waals surface area contributed by atoms with Crippen LogP contribution in [0, 0.1) is 50.7 Å². The van der Waals surface area contributed by atoms with Crippen LogP contribution in [0.15, 0.2) is 0 Å². The molecule has 1 spiro atoms. The van der Waals surface area contributed by atoms with Gasteiger partial charge in [-0.1, -0.05) is 40.5 Å². The van der Waals surface area contributed by atoms with Gasteiger partial charge < -0.3 is 0 Å². The first kappa shape index (κ1) is 14.1. The summed E-state index contributed by atoms with van der Waals surface area (Å²) in [6, 6.07) is 4.40. The number of carbonyl (C=O) groups excluding carboxylic acids is 1. The Bertz CT molecular complexity index is 464. The van der Waals surface area contributed by atoms with Crippen LogP contribution in [0.5, 0.6) is 0 Å².